The van der Waals surface area contributed by atoms with Crippen LogP contribution < -0.4 is 14.8 Å². The normalized spacial score (nSPS) is 11.4. The molecule has 0 aliphatic carbocycles. The Labute approximate surface area is 165 Å². The molecule has 2 aromatic carbocycles. The minimum Gasteiger partial charge on any atom is -0.497 e. The average Bonchev–Trinajstić information content (AvgIpc) is 2.72. The zero-order chi connectivity index (χ0) is 20.4. The van der Waals surface area contributed by atoms with Crippen LogP contribution in [0.25, 0.3) is 0 Å². The molecule has 0 heterocycles. The van der Waals surface area contributed by atoms with Crippen LogP contribution >= 0.6 is 0 Å². The van der Waals surface area contributed by atoms with Crippen LogP contribution in [0.4, 0.5) is 0 Å². The van der Waals surface area contributed by atoms with Crippen molar-refractivity contribution in [2.24, 2.45) is 0 Å². The number of para-hydroxylation sites is 1. The fourth-order valence-corrected chi connectivity index (χ4v) is 2.62. The molecule has 0 bridgehead atoms. The Bertz CT molecular complexity index is 773. The number of esters is 1. The quantitative estimate of drug-likeness (QED) is 0.637. The van der Waals surface area contributed by atoms with E-state index in [9.17, 15) is 9.59 Å². The maximum absolute atomic E-state index is 12.1. The molecule has 0 saturated carbocycles. The molecule has 0 aliphatic rings. The molecule has 0 spiro atoms. The molecule has 0 aliphatic heterocycles. The maximum Gasteiger partial charge on any atom is 0.344 e. The highest BCUT2D eigenvalue weighted by atomic mass is 16.6. The van der Waals surface area contributed by atoms with E-state index in [2.05, 4.69) is 5.32 Å². The number of ether oxygens (including phenoxy) is 3. The molecule has 2 aromatic rings. The SMILES string of the molecule is CCc1ccccc1OCC(=O)OC(C)C(=O)NCCc1ccc(OC)cc1. The minimum absolute atomic E-state index is 0.236. The molecule has 6 heteroatoms. The highest BCUT2D eigenvalue weighted by Gasteiger charge is 2.18. The summed E-state index contributed by atoms with van der Waals surface area (Å²) in [6, 6.07) is 15.2. The van der Waals surface area contributed by atoms with E-state index >= 15 is 0 Å². The predicted octanol–water partition coefficient (Wildman–Crippen LogP) is 2.93. The Kier molecular flexibility index (Phi) is 8.34. The minimum atomic E-state index is -0.881. The Morgan fingerprint density at radius 2 is 1.79 bits per heavy atom. The zero-order valence-corrected chi connectivity index (χ0v) is 16.6. The molecule has 0 fully saturated rings. The Hall–Kier alpha value is -3.02. The first-order chi connectivity index (χ1) is 13.5. The van der Waals surface area contributed by atoms with Crippen molar-refractivity contribution in [1.82, 2.24) is 5.32 Å². The van der Waals surface area contributed by atoms with Crippen LogP contribution in [0.5, 0.6) is 11.5 Å². The van der Waals surface area contributed by atoms with Gasteiger partial charge in [0.2, 0.25) is 0 Å². The topological polar surface area (TPSA) is 73.9 Å². The summed E-state index contributed by atoms with van der Waals surface area (Å²) in [6.45, 7) is 3.77. The Morgan fingerprint density at radius 3 is 2.46 bits per heavy atom. The van der Waals surface area contributed by atoms with Crippen molar-refractivity contribution < 1.29 is 23.8 Å². The lowest BCUT2D eigenvalue weighted by Gasteiger charge is -2.14. The summed E-state index contributed by atoms with van der Waals surface area (Å²) < 4.78 is 15.8. The van der Waals surface area contributed by atoms with E-state index in [0.717, 1.165) is 23.3 Å². The van der Waals surface area contributed by atoms with Crippen molar-refractivity contribution >= 4 is 11.9 Å². The zero-order valence-electron chi connectivity index (χ0n) is 16.6. The first kappa shape index (κ1) is 21.3. The van der Waals surface area contributed by atoms with Gasteiger partial charge in [-0.15, -0.1) is 0 Å². The molecular weight excluding hydrogens is 358 g/mol. The first-order valence-electron chi connectivity index (χ1n) is 9.34. The van der Waals surface area contributed by atoms with E-state index in [-0.39, 0.29) is 12.5 Å². The van der Waals surface area contributed by atoms with Crippen LogP contribution in [0.1, 0.15) is 25.0 Å². The summed E-state index contributed by atoms with van der Waals surface area (Å²) in [5, 5.41) is 2.77. The Balaban J connectivity index is 1.71. The van der Waals surface area contributed by atoms with Gasteiger partial charge in [0.05, 0.1) is 7.11 Å². The second kappa shape index (κ2) is 11.0. The lowest BCUT2D eigenvalue weighted by Crippen LogP contribution is -2.37. The predicted molar refractivity (Wildman–Crippen MR) is 107 cm³/mol. The summed E-state index contributed by atoms with van der Waals surface area (Å²) in [5.74, 6) is 0.523. The lowest BCUT2D eigenvalue weighted by molar-refractivity contribution is -0.156. The highest BCUT2D eigenvalue weighted by Crippen LogP contribution is 2.18. The maximum atomic E-state index is 12.1. The van der Waals surface area contributed by atoms with Gasteiger partial charge in [-0.05, 0) is 49.1 Å². The molecule has 1 unspecified atom stereocenters. The molecule has 6 nitrogen and oxygen atoms in total. The van der Waals surface area contributed by atoms with Crippen molar-refractivity contribution in [3.05, 3.63) is 59.7 Å². The van der Waals surface area contributed by atoms with E-state index in [4.69, 9.17) is 14.2 Å². The number of methoxy groups -OCH3 is 1. The van der Waals surface area contributed by atoms with E-state index < -0.39 is 12.1 Å². The molecule has 0 saturated heterocycles. The summed E-state index contributed by atoms with van der Waals surface area (Å²) in [7, 11) is 1.62. The van der Waals surface area contributed by atoms with Crippen LogP contribution in [-0.4, -0.2) is 38.2 Å². The van der Waals surface area contributed by atoms with E-state index in [0.29, 0.717) is 18.7 Å². The number of rotatable bonds is 10. The number of carbonyl (C=O) groups excluding carboxylic acids is 2. The van der Waals surface area contributed by atoms with Crippen molar-refractivity contribution in [2.75, 3.05) is 20.3 Å². The number of aryl methyl sites for hydroxylation is 1. The van der Waals surface area contributed by atoms with Crippen molar-refractivity contribution in [3.63, 3.8) is 0 Å². The lowest BCUT2D eigenvalue weighted by atomic mass is 10.1. The van der Waals surface area contributed by atoms with Crippen LogP contribution in [-0.2, 0) is 27.2 Å². The second-order valence-corrected chi connectivity index (χ2v) is 6.27. The van der Waals surface area contributed by atoms with Gasteiger partial charge in [0.25, 0.3) is 5.91 Å². The average molecular weight is 385 g/mol. The third kappa shape index (κ3) is 6.61. The fourth-order valence-electron chi connectivity index (χ4n) is 2.62. The highest BCUT2D eigenvalue weighted by molar-refractivity contribution is 5.83. The monoisotopic (exact) mass is 385 g/mol. The van der Waals surface area contributed by atoms with Gasteiger partial charge < -0.3 is 19.5 Å². The molecule has 2 rings (SSSR count). The molecule has 150 valence electrons. The molecule has 28 heavy (non-hydrogen) atoms. The van der Waals surface area contributed by atoms with Crippen LogP contribution in [0.2, 0.25) is 0 Å². The summed E-state index contributed by atoms with van der Waals surface area (Å²) in [6.07, 6.45) is 0.597. The number of benzene rings is 2. The van der Waals surface area contributed by atoms with Crippen molar-refractivity contribution in [1.29, 1.82) is 0 Å². The molecule has 1 atom stereocenters. The standard InChI is InChI=1S/C22H27NO5/c1-4-18-7-5-6-8-20(18)27-15-21(24)28-16(2)22(25)23-14-13-17-9-11-19(26-3)12-10-17/h5-12,16H,4,13-15H2,1-3H3,(H,23,25). The molecule has 1 N–H and O–H groups in total. The molecular formula is C22H27NO5. The van der Waals surface area contributed by atoms with Crippen molar-refractivity contribution in [2.45, 2.75) is 32.8 Å². The fraction of sp³-hybridized carbons (Fsp3) is 0.364. The number of nitrogens with one attached hydrogen (secondary N) is 1. The van der Waals surface area contributed by atoms with Gasteiger partial charge in [0, 0.05) is 6.54 Å². The summed E-state index contributed by atoms with van der Waals surface area (Å²) >= 11 is 0. The third-order valence-corrected chi connectivity index (χ3v) is 4.25. The van der Waals surface area contributed by atoms with Crippen molar-refractivity contribution in [3.8, 4) is 11.5 Å². The molecule has 0 radical (unpaired) electrons. The van der Waals surface area contributed by atoms with Gasteiger partial charge in [0.15, 0.2) is 12.7 Å². The van der Waals surface area contributed by atoms with Gasteiger partial charge in [0.1, 0.15) is 11.5 Å². The van der Waals surface area contributed by atoms with Crippen LogP contribution in [0.3, 0.4) is 0 Å². The summed E-state index contributed by atoms with van der Waals surface area (Å²) in [4.78, 5) is 24.0. The second-order valence-electron chi connectivity index (χ2n) is 6.27. The van der Waals surface area contributed by atoms with E-state index in [1.54, 1.807) is 20.1 Å². The number of hydrogen-bond donors (Lipinski definition) is 1. The smallest absolute Gasteiger partial charge is 0.344 e. The number of hydrogen-bond acceptors (Lipinski definition) is 5. The molecule has 1 amide bonds. The van der Waals surface area contributed by atoms with Gasteiger partial charge in [-0.25, -0.2) is 4.79 Å². The van der Waals surface area contributed by atoms with Gasteiger partial charge in [-0.3, -0.25) is 4.79 Å². The number of carbonyl (C=O) groups is 2. The third-order valence-electron chi connectivity index (χ3n) is 4.25. The Morgan fingerprint density at radius 1 is 1.07 bits per heavy atom. The van der Waals surface area contributed by atoms with Gasteiger partial charge in [-0.1, -0.05) is 37.3 Å². The summed E-state index contributed by atoms with van der Waals surface area (Å²) in [5.41, 5.74) is 2.09. The largest absolute Gasteiger partial charge is 0.497 e. The van der Waals surface area contributed by atoms with Gasteiger partial charge in [-0.2, -0.15) is 0 Å². The number of amides is 1. The first-order valence-corrected chi connectivity index (χ1v) is 9.34. The van der Waals surface area contributed by atoms with Crippen LogP contribution in [0, 0.1) is 0 Å². The van der Waals surface area contributed by atoms with E-state index in [1.165, 1.54) is 0 Å². The molecule has 0 aromatic heterocycles. The van der Waals surface area contributed by atoms with Gasteiger partial charge >= 0.3 is 5.97 Å². The van der Waals surface area contributed by atoms with E-state index in [1.807, 2.05) is 49.4 Å². The van der Waals surface area contributed by atoms with Crippen LogP contribution in [0.15, 0.2) is 48.5 Å².